The molecule has 1 aromatic carbocycles. The van der Waals surface area contributed by atoms with Crippen LogP contribution in [0.1, 0.15) is 70.9 Å². The molecule has 240 valence electrons. The minimum absolute atomic E-state index is 0.126. The molecule has 0 unspecified atom stereocenters. The van der Waals surface area contributed by atoms with Gasteiger partial charge < -0.3 is 14.9 Å². The third kappa shape index (κ3) is 6.28. The first-order valence-electron chi connectivity index (χ1n) is 15.0. The van der Waals surface area contributed by atoms with E-state index in [1.807, 2.05) is 0 Å². The van der Waals surface area contributed by atoms with E-state index >= 15 is 0 Å². The first kappa shape index (κ1) is 32.1. The summed E-state index contributed by atoms with van der Waals surface area (Å²) in [5.74, 6) is -0.685. The highest BCUT2D eigenvalue weighted by atomic mass is 32.1. The number of aromatic nitrogens is 5. The molecular weight excluding hydrogens is 601 g/mol. The molecule has 3 heterocycles. The normalized spacial score (nSPS) is 14.7. The summed E-state index contributed by atoms with van der Waals surface area (Å²) in [6.07, 6.45) is 7.70. The van der Waals surface area contributed by atoms with Crippen molar-refractivity contribution in [3.63, 3.8) is 0 Å². The average molecular weight is 640 g/mol. The van der Waals surface area contributed by atoms with E-state index in [-0.39, 0.29) is 29.8 Å². The van der Waals surface area contributed by atoms with Gasteiger partial charge in [0.25, 0.3) is 5.56 Å². The van der Waals surface area contributed by atoms with E-state index in [1.54, 1.807) is 20.8 Å². The van der Waals surface area contributed by atoms with Crippen LogP contribution < -0.4 is 21.3 Å². The molecule has 0 atom stereocenters. The van der Waals surface area contributed by atoms with E-state index in [9.17, 15) is 18.8 Å². The van der Waals surface area contributed by atoms with Gasteiger partial charge in [0, 0.05) is 17.2 Å². The summed E-state index contributed by atoms with van der Waals surface area (Å²) in [7, 11) is 1.46. The van der Waals surface area contributed by atoms with Gasteiger partial charge in [-0.1, -0.05) is 22.9 Å². The molecule has 0 radical (unpaired) electrons. The Morgan fingerprint density at radius 3 is 2.51 bits per heavy atom. The molecule has 1 fully saturated rings. The van der Waals surface area contributed by atoms with Crippen LogP contribution in [0.15, 0.2) is 45.3 Å². The number of amides is 1. The van der Waals surface area contributed by atoms with Crippen LogP contribution in [0.2, 0.25) is 0 Å². The second-order valence-corrected chi connectivity index (χ2v) is 13.0. The van der Waals surface area contributed by atoms with Crippen molar-refractivity contribution in [1.29, 1.82) is 0 Å². The zero-order valence-electron chi connectivity index (χ0n) is 26.3. The number of thiophene rings is 1. The van der Waals surface area contributed by atoms with Gasteiger partial charge in [-0.3, -0.25) is 14.2 Å². The maximum absolute atomic E-state index is 14.7. The second-order valence-electron chi connectivity index (χ2n) is 12.0. The molecule has 4 aromatic rings. The number of hydrogen-bond donors (Lipinski definition) is 1. The van der Waals surface area contributed by atoms with Crippen LogP contribution in [0.25, 0.3) is 15.2 Å². The fraction of sp³-hybridized carbons (Fsp3) is 0.484. The second kappa shape index (κ2) is 13.0. The van der Waals surface area contributed by atoms with Crippen molar-refractivity contribution in [3.8, 4) is 10.8 Å². The number of carbonyl (C=O) groups is 1. The Balaban J connectivity index is 1.77. The highest BCUT2D eigenvalue weighted by Gasteiger charge is 2.36. The topological polar surface area (TPSA) is 135 Å². The Bertz CT molecular complexity index is 1850. The molecule has 45 heavy (non-hydrogen) atoms. The lowest BCUT2D eigenvalue weighted by Gasteiger charge is -2.28. The van der Waals surface area contributed by atoms with Crippen molar-refractivity contribution in [2.45, 2.75) is 91.0 Å². The van der Waals surface area contributed by atoms with Gasteiger partial charge >= 0.3 is 5.69 Å². The van der Waals surface area contributed by atoms with Gasteiger partial charge in [-0.05, 0) is 78.5 Å². The molecular formula is C31H38FN7O5S. The minimum Gasteiger partial charge on any atom is -0.496 e. The smallest absolute Gasteiger partial charge is 0.333 e. The third-order valence-electron chi connectivity index (χ3n) is 7.97. The average Bonchev–Trinajstić information content (AvgIpc) is 3.65. The minimum atomic E-state index is -1.57. The summed E-state index contributed by atoms with van der Waals surface area (Å²) in [5.41, 5.74) is -1.87. The van der Waals surface area contributed by atoms with E-state index in [4.69, 9.17) is 9.57 Å². The van der Waals surface area contributed by atoms with Gasteiger partial charge in [0.1, 0.15) is 38.8 Å². The van der Waals surface area contributed by atoms with Gasteiger partial charge in [0.05, 0.1) is 31.4 Å². The number of carbonyl (C=O) groups excluding carboxylic acids is 1. The van der Waals surface area contributed by atoms with Crippen molar-refractivity contribution >= 4 is 33.2 Å². The number of fused-ring (bicyclic) bond motifs is 1. The maximum Gasteiger partial charge on any atom is 0.333 e. The van der Waals surface area contributed by atoms with Crippen molar-refractivity contribution in [1.82, 2.24) is 29.4 Å². The highest BCUT2D eigenvalue weighted by molar-refractivity contribution is 7.21. The number of oxime groups is 1. The van der Waals surface area contributed by atoms with Gasteiger partial charge in [-0.15, -0.1) is 4.80 Å². The number of rotatable bonds is 10. The summed E-state index contributed by atoms with van der Waals surface area (Å²) in [5, 5.41) is 16.5. The molecule has 1 N–H and O–H groups in total. The van der Waals surface area contributed by atoms with E-state index in [0.29, 0.717) is 26.7 Å². The summed E-state index contributed by atoms with van der Waals surface area (Å²) in [6.45, 7) is 8.18. The van der Waals surface area contributed by atoms with Gasteiger partial charge in [-0.25, -0.2) is 13.8 Å². The van der Waals surface area contributed by atoms with Crippen molar-refractivity contribution in [2.24, 2.45) is 5.16 Å². The first-order valence-corrected chi connectivity index (χ1v) is 15.8. The predicted molar refractivity (Wildman–Crippen MR) is 170 cm³/mol. The number of hydrogen-bond acceptors (Lipinski definition) is 9. The third-order valence-corrected chi connectivity index (χ3v) is 9.25. The van der Waals surface area contributed by atoms with E-state index in [2.05, 4.69) is 20.7 Å². The molecule has 5 rings (SSSR count). The number of aryl methyl sites for hydroxylation is 1. The standard InChI is InChI=1S/C31H38FN7O5S/c1-18(2)35-29(41)31(4,5)38-26(40)25-19(3)27(39-33-14-15-34-39)45-28(25)37(30(38)42)17-23(36-44-21-10-8-7-9-11-21)22-16-20(32)12-13-24(22)43-6/h12-16,18,21H,7-11,17H2,1-6H3,(H,35,41)/b36-23-. The molecule has 1 saturated carbocycles. The van der Waals surface area contributed by atoms with Crippen LogP contribution in [-0.4, -0.2) is 55.0 Å². The fourth-order valence-corrected chi connectivity index (χ4v) is 6.76. The van der Waals surface area contributed by atoms with Crippen LogP contribution in [0, 0.1) is 12.7 Å². The lowest BCUT2D eigenvalue weighted by molar-refractivity contribution is -0.129. The molecule has 12 nitrogen and oxygen atoms in total. The van der Waals surface area contributed by atoms with Crippen LogP contribution in [-0.2, 0) is 21.7 Å². The lowest BCUT2D eigenvalue weighted by Crippen LogP contribution is -2.56. The number of methoxy groups -OCH3 is 1. The summed E-state index contributed by atoms with van der Waals surface area (Å²) < 4.78 is 22.6. The lowest BCUT2D eigenvalue weighted by atomic mass is 9.98. The Labute approximate surface area is 263 Å². The molecule has 0 aliphatic heterocycles. The van der Waals surface area contributed by atoms with Gasteiger partial charge in [-0.2, -0.15) is 10.2 Å². The Morgan fingerprint density at radius 2 is 1.87 bits per heavy atom. The molecule has 0 saturated heterocycles. The fourth-order valence-electron chi connectivity index (χ4n) is 5.55. The van der Waals surface area contributed by atoms with Crippen LogP contribution >= 0.6 is 11.3 Å². The van der Waals surface area contributed by atoms with E-state index in [0.717, 1.165) is 48.0 Å². The molecule has 14 heteroatoms. The molecule has 0 bridgehead atoms. The summed E-state index contributed by atoms with van der Waals surface area (Å²) in [6, 6.07) is 3.80. The number of nitrogens with one attached hydrogen (secondary N) is 1. The van der Waals surface area contributed by atoms with Crippen molar-refractivity contribution in [3.05, 3.63) is 68.4 Å². The first-order chi connectivity index (χ1) is 21.4. The zero-order valence-corrected chi connectivity index (χ0v) is 27.1. The summed E-state index contributed by atoms with van der Waals surface area (Å²) >= 11 is 1.16. The Hall–Kier alpha value is -4.33. The van der Waals surface area contributed by atoms with Crippen molar-refractivity contribution < 1.29 is 18.8 Å². The van der Waals surface area contributed by atoms with E-state index < -0.39 is 28.5 Å². The Morgan fingerprint density at radius 1 is 1.18 bits per heavy atom. The van der Waals surface area contributed by atoms with Gasteiger partial charge in [0.2, 0.25) is 5.91 Å². The maximum atomic E-state index is 14.7. The van der Waals surface area contributed by atoms with Crippen molar-refractivity contribution in [2.75, 3.05) is 7.11 Å². The van der Waals surface area contributed by atoms with Gasteiger partial charge in [0.15, 0.2) is 0 Å². The summed E-state index contributed by atoms with van der Waals surface area (Å²) in [4.78, 5) is 49.7. The highest BCUT2D eigenvalue weighted by Crippen LogP contribution is 2.32. The number of benzene rings is 1. The van der Waals surface area contributed by atoms with E-state index in [1.165, 1.54) is 60.9 Å². The molecule has 3 aromatic heterocycles. The predicted octanol–water partition coefficient (Wildman–Crippen LogP) is 4.27. The van der Waals surface area contributed by atoms with Crippen LogP contribution in [0.5, 0.6) is 5.75 Å². The molecule has 0 spiro atoms. The number of nitrogens with zero attached hydrogens (tertiary/aromatic N) is 6. The number of ether oxygens (including phenoxy) is 1. The van der Waals surface area contributed by atoms with Crippen LogP contribution in [0.3, 0.4) is 0 Å². The monoisotopic (exact) mass is 639 g/mol. The molecule has 1 aliphatic rings. The SMILES string of the molecule is COc1ccc(F)cc1/C(Cn1c(=O)n(C(C)(C)C(=O)NC(C)C)c(=O)c2c(C)c(-n3nccn3)sc21)=N\OC1CCCCC1. The zero-order chi connectivity index (χ0) is 32.5. The Kier molecular flexibility index (Phi) is 9.23. The quantitative estimate of drug-likeness (QED) is 0.202. The van der Waals surface area contributed by atoms with Crippen LogP contribution in [0.4, 0.5) is 4.39 Å². The largest absolute Gasteiger partial charge is 0.496 e. The molecule has 1 aliphatic carbocycles. The molecule has 1 amide bonds. The number of halogens is 1.